The fraction of sp³-hybridized carbons (Fsp3) is 0.154. The van der Waals surface area contributed by atoms with E-state index in [0.717, 1.165) is 5.39 Å². The number of amides is 1. The predicted octanol–water partition coefficient (Wildman–Crippen LogP) is 0.651. The van der Waals surface area contributed by atoms with E-state index in [1.54, 1.807) is 18.2 Å². The third-order valence-electron chi connectivity index (χ3n) is 3.03. The quantitative estimate of drug-likeness (QED) is 0.734. The van der Waals surface area contributed by atoms with Gasteiger partial charge in [-0.25, -0.2) is 9.78 Å². The summed E-state index contributed by atoms with van der Waals surface area (Å²) in [7, 11) is 0. The van der Waals surface area contributed by atoms with Crippen LogP contribution in [0.4, 0.5) is 0 Å². The molecule has 0 radical (unpaired) electrons. The van der Waals surface area contributed by atoms with E-state index in [4.69, 9.17) is 0 Å². The van der Waals surface area contributed by atoms with Crippen LogP contribution in [-0.4, -0.2) is 28.5 Å². The lowest BCUT2D eigenvalue weighted by Gasteiger charge is -2.13. The number of aromatic nitrogens is 1. The molecular formula is C13H11N3O3. The van der Waals surface area contributed by atoms with Crippen molar-refractivity contribution in [1.29, 1.82) is 0 Å². The van der Waals surface area contributed by atoms with Crippen LogP contribution >= 0.6 is 0 Å². The third kappa shape index (κ3) is 2.02. The minimum atomic E-state index is -1.06. The number of para-hydroxylation sites is 1. The number of rotatable bonds is 2. The van der Waals surface area contributed by atoms with E-state index >= 15 is 0 Å². The van der Waals surface area contributed by atoms with E-state index in [9.17, 15) is 14.7 Å². The molecule has 0 saturated carbocycles. The summed E-state index contributed by atoms with van der Waals surface area (Å²) in [5.41, 5.74) is 1.13. The van der Waals surface area contributed by atoms with Gasteiger partial charge in [0.05, 0.1) is 23.3 Å². The van der Waals surface area contributed by atoms with Crippen LogP contribution in [0.15, 0.2) is 30.3 Å². The lowest BCUT2D eigenvalue weighted by molar-refractivity contribution is -0.118. The number of benzene rings is 1. The van der Waals surface area contributed by atoms with Crippen LogP contribution in [-0.2, 0) is 4.79 Å². The van der Waals surface area contributed by atoms with E-state index in [0.29, 0.717) is 11.2 Å². The summed E-state index contributed by atoms with van der Waals surface area (Å²) in [5.74, 6) is -1.23. The van der Waals surface area contributed by atoms with Crippen molar-refractivity contribution in [2.75, 3.05) is 6.54 Å². The number of carboxylic acids is 1. The van der Waals surface area contributed by atoms with Crippen molar-refractivity contribution < 1.29 is 14.7 Å². The molecule has 6 nitrogen and oxygen atoms in total. The zero-order chi connectivity index (χ0) is 13.4. The summed E-state index contributed by atoms with van der Waals surface area (Å²) in [6.07, 6.45) is -0.553. The summed E-state index contributed by atoms with van der Waals surface area (Å²) in [6, 6.07) is 8.84. The molecule has 0 spiro atoms. The Bertz CT molecular complexity index is 684. The lowest BCUT2D eigenvalue weighted by Crippen LogP contribution is -2.26. The van der Waals surface area contributed by atoms with Crippen molar-refractivity contribution in [1.82, 2.24) is 15.6 Å². The highest BCUT2D eigenvalue weighted by molar-refractivity contribution is 5.94. The molecule has 1 aliphatic rings. The second-order valence-electron chi connectivity index (χ2n) is 4.30. The minimum absolute atomic E-state index is 0.0957. The van der Waals surface area contributed by atoms with Gasteiger partial charge >= 0.3 is 5.97 Å². The number of hydrogen-bond acceptors (Lipinski definition) is 4. The molecule has 3 N–H and O–H groups in total. The van der Waals surface area contributed by atoms with Crippen LogP contribution in [0.1, 0.15) is 22.2 Å². The monoisotopic (exact) mass is 257 g/mol. The molecule has 0 bridgehead atoms. The standard InChI is InChI=1S/C13H11N3O3/c17-10-6-14-12(16-10)11-8(13(18)19)5-7-3-1-2-4-9(7)15-11/h1-5,12,14H,6H2,(H,16,17)(H,18,19). The fourth-order valence-corrected chi connectivity index (χ4v) is 2.15. The highest BCUT2D eigenvalue weighted by Gasteiger charge is 2.27. The molecule has 1 fully saturated rings. The Balaban J connectivity index is 2.17. The second-order valence-corrected chi connectivity index (χ2v) is 4.30. The van der Waals surface area contributed by atoms with E-state index in [1.807, 2.05) is 12.1 Å². The van der Waals surface area contributed by atoms with E-state index in [2.05, 4.69) is 15.6 Å². The molecule has 2 aromatic rings. The molecule has 1 aromatic heterocycles. The van der Waals surface area contributed by atoms with Crippen molar-refractivity contribution in [2.45, 2.75) is 6.17 Å². The molecule has 1 amide bonds. The van der Waals surface area contributed by atoms with Crippen molar-refractivity contribution in [3.05, 3.63) is 41.6 Å². The zero-order valence-corrected chi connectivity index (χ0v) is 9.88. The Labute approximate surface area is 108 Å². The Morgan fingerprint density at radius 1 is 1.37 bits per heavy atom. The maximum absolute atomic E-state index is 11.3. The lowest BCUT2D eigenvalue weighted by atomic mass is 10.1. The van der Waals surface area contributed by atoms with Gasteiger partial charge in [0.25, 0.3) is 0 Å². The average Bonchev–Trinajstić information content (AvgIpc) is 2.83. The van der Waals surface area contributed by atoms with Crippen molar-refractivity contribution >= 4 is 22.8 Å². The molecular weight excluding hydrogens is 246 g/mol. The number of pyridine rings is 1. The highest BCUT2D eigenvalue weighted by atomic mass is 16.4. The Morgan fingerprint density at radius 2 is 2.16 bits per heavy atom. The molecule has 2 heterocycles. The Morgan fingerprint density at radius 3 is 2.84 bits per heavy atom. The first-order valence-corrected chi connectivity index (χ1v) is 5.81. The number of carbonyl (C=O) groups excluding carboxylic acids is 1. The number of aromatic carboxylic acids is 1. The molecule has 3 rings (SSSR count). The molecule has 1 aliphatic heterocycles. The summed E-state index contributed by atoms with van der Waals surface area (Å²) in [4.78, 5) is 26.9. The zero-order valence-electron chi connectivity index (χ0n) is 9.88. The van der Waals surface area contributed by atoms with Crippen LogP contribution in [0.25, 0.3) is 10.9 Å². The van der Waals surface area contributed by atoms with Crippen molar-refractivity contribution in [3.63, 3.8) is 0 Å². The molecule has 1 aromatic carbocycles. The number of fused-ring (bicyclic) bond motifs is 1. The average molecular weight is 257 g/mol. The topological polar surface area (TPSA) is 91.3 Å². The molecule has 19 heavy (non-hydrogen) atoms. The van der Waals surface area contributed by atoms with Gasteiger partial charge in [-0.1, -0.05) is 18.2 Å². The number of hydrogen-bond donors (Lipinski definition) is 3. The number of carbonyl (C=O) groups is 2. The van der Waals surface area contributed by atoms with E-state index in [-0.39, 0.29) is 18.0 Å². The minimum Gasteiger partial charge on any atom is -0.478 e. The maximum atomic E-state index is 11.3. The van der Waals surface area contributed by atoms with Gasteiger partial charge in [-0.05, 0) is 12.1 Å². The number of carboxylic acid groups (broad SMARTS) is 1. The Hall–Kier alpha value is -2.47. The van der Waals surface area contributed by atoms with Gasteiger partial charge < -0.3 is 10.4 Å². The smallest absolute Gasteiger partial charge is 0.337 e. The summed E-state index contributed by atoms with van der Waals surface area (Å²) in [5, 5.41) is 15.6. The largest absolute Gasteiger partial charge is 0.478 e. The van der Waals surface area contributed by atoms with E-state index < -0.39 is 12.1 Å². The van der Waals surface area contributed by atoms with Gasteiger partial charge in [0.1, 0.15) is 6.17 Å². The van der Waals surface area contributed by atoms with Crippen LogP contribution in [0, 0.1) is 0 Å². The molecule has 0 aliphatic carbocycles. The van der Waals surface area contributed by atoms with Crippen LogP contribution in [0.2, 0.25) is 0 Å². The third-order valence-corrected chi connectivity index (χ3v) is 3.03. The SMILES string of the molecule is O=C1CNC(c2nc3ccccc3cc2C(=O)O)N1. The van der Waals surface area contributed by atoms with Crippen LogP contribution in [0.5, 0.6) is 0 Å². The molecule has 96 valence electrons. The van der Waals surface area contributed by atoms with Gasteiger partial charge in [-0.3, -0.25) is 10.1 Å². The van der Waals surface area contributed by atoms with Gasteiger partial charge in [0, 0.05) is 5.39 Å². The van der Waals surface area contributed by atoms with Crippen molar-refractivity contribution in [3.8, 4) is 0 Å². The Kier molecular flexibility index (Phi) is 2.64. The number of nitrogens with zero attached hydrogens (tertiary/aromatic N) is 1. The number of nitrogens with one attached hydrogen (secondary N) is 2. The first-order valence-electron chi connectivity index (χ1n) is 5.81. The maximum Gasteiger partial charge on any atom is 0.337 e. The van der Waals surface area contributed by atoms with Gasteiger partial charge in [-0.2, -0.15) is 0 Å². The molecule has 1 unspecified atom stereocenters. The highest BCUT2D eigenvalue weighted by Crippen LogP contribution is 2.21. The van der Waals surface area contributed by atoms with Gasteiger partial charge in [0.2, 0.25) is 5.91 Å². The summed E-state index contributed by atoms with van der Waals surface area (Å²) in [6.45, 7) is 0.165. The fourth-order valence-electron chi connectivity index (χ4n) is 2.15. The summed E-state index contributed by atoms with van der Waals surface area (Å²) < 4.78 is 0. The predicted molar refractivity (Wildman–Crippen MR) is 67.6 cm³/mol. The van der Waals surface area contributed by atoms with Crippen LogP contribution in [0.3, 0.4) is 0 Å². The van der Waals surface area contributed by atoms with Crippen molar-refractivity contribution in [2.24, 2.45) is 0 Å². The van der Waals surface area contributed by atoms with Gasteiger partial charge in [0.15, 0.2) is 0 Å². The molecule has 1 saturated heterocycles. The van der Waals surface area contributed by atoms with Crippen LogP contribution < -0.4 is 10.6 Å². The summed E-state index contributed by atoms with van der Waals surface area (Å²) >= 11 is 0. The first-order chi connectivity index (χ1) is 9.15. The van der Waals surface area contributed by atoms with Gasteiger partial charge in [-0.15, -0.1) is 0 Å². The normalized spacial score (nSPS) is 18.5. The van der Waals surface area contributed by atoms with E-state index in [1.165, 1.54) is 0 Å². The first kappa shape index (κ1) is 11.6. The molecule has 1 atom stereocenters. The molecule has 6 heteroatoms. The second kappa shape index (κ2) is 4.33.